The number of amides is 1. The Morgan fingerprint density at radius 1 is 0.969 bits per heavy atom. The highest BCUT2D eigenvalue weighted by atomic mass is 35.5. The third-order valence-electron chi connectivity index (χ3n) is 4.87. The maximum Gasteiger partial charge on any atom is 0.411 e. The van der Waals surface area contributed by atoms with Crippen LogP contribution in [0, 0.1) is 0 Å². The van der Waals surface area contributed by atoms with E-state index in [-0.39, 0.29) is 18.7 Å². The second-order valence-corrected chi connectivity index (χ2v) is 7.97. The van der Waals surface area contributed by atoms with Crippen molar-refractivity contribution in [3.05, 3.63) is 105 Å². The second kappa shape index (κ2) is 9.85. The van der Waals surface area contributed by atoms with Gasteiger partial charge in [0, 0.05) is 12.1 Å². The highest BCUT2D eigenvalue weighted by molar-refractivity contribution is 6.42. The maximum absolute atomic E-state index is 13.0. The molecule has 0 saturated carbocycles. The van der Waals surface area contributed by atoms with E-state index in [2.05, 4.69) is 10.3 Å². The Morgan fingerprint density at radius 2 is 1.78 bits per heavy atom. The molecule has 0 radical (unpaired) electrons. The number of aromatic nitrogens is 2. The topological polar surface area (TPSA) is 73.2 Å². The van der Waals surface area contributed by atoms with Crippen molar-refractivity contribution in [1.82, 2.24) is 9.55 Å². The first-order valence-corrected chi connectivity index (χ1v) is 10.7. The predicted octanol–water partition coefficient (Wildman–Crippen LogP) is 5.54. The van der Waals surface area contributed by atoms with Gasteiger partial charge >= 0.3 is 6.09 Å². The molecule has 1 heterocycles. The fraction of sp³-hybridized carbons (Fsp3) is 0.125. The molecule has 0 aliphatic carbocycles. The van der Waals surface area contributed by atoms with Gasteiger partial charge in [0.05, 0.1) is 40.4 Å². The Morgan fingerprint density at radius 3 is 2.56 bits per heavy atom. The molecule has 0 saturated heterocycles. The Hall–Kier alpha value is -3.35. The first-order chi connectivity index (χ1) is 15.5. The summed E-state index contributed by atoms with van der Waals surface area (Å²) in [6.07, 6.45) is 1.52. The largest absolute Gasteiger partial charge is 0.449 e. The quantitative estimate of drug-likeness (QED) is 0.403. The number of nitrogens with one attached hydrogen (secondary N) is 1. The lowest BCUT2D eigenvalue weighted by Crippen LogP contribution is -2.21. The summed E-state index contributed by atoms with van der Waals surface area (Å²) in [5.74, 6) is 0. The van der Waals surface area contributed by atoms with Gasteiger partial charge in [-0.3, -0.25) is 14.7 Å². The normalized spacial score (nSPS) is 10.8. The van der Waals surface area contributed by atoms with Crippen LogP contribution in [0.2, 0.25) is 10.0 Å². The molecule has 4 rings (SSSR count). The highest BCUT2D eigenvalue weighted by Gasteiger charge is 2.09. The van der Waals surface area contributed by atoms with E-state index < -0.39 is 6.09 Å². The van der Waals surface area contributed by atoms with Crippen molar-refractivity contribution in [2.75, 3.05) is 11.9 Å². The first-order valence-electron chi connectivity index (χ1n) is 9.90. The zero-order chi connectivity index (χ0) is 22.5. The number of nitrogens with zero attached hydrogens (tertiary/aromatic N) is 2. The van der Waals surface area contributed by atoms with Crippen LogP contribution < -0.4 is 10.9 Å². The van der Waals surface area contributed by atoms with E-state index in [1.54, 1.807) is 36.4 Å². The van der Waals surface area contributed by atoms with Crippen LogP contribution in [0.15, 0.2) is 77.9 Å². The van der Waals surface area contributed by atoms with Crippen LogP contribution in [0.5, 0.6) is 0 Å². The van der Waals surface area contributed by atoms with Gasteiger partial charge in [0.25, 0.3) is 5.56 Å². The number of carbonyl (C=O) groups excluding carboxylic acids is 1. The number of benzene rings is 3. The number of hydrogen-bond donors (Lipinski definition) is 1. The monoisotopic (exact) mass is 467 g/mol. The summed E-state index contributed by atoms with van der Waals surface area (Å²) in [7, 11) is 0. The molecule has 6 nitrogen and oxygen atoms in total. The van der Waals surface area contributed by atoms with Gasteiger partial charge in [-0.05, 0) is 41.5 Å². The summed E-state index contributed by atoms with van der Waals surface area (Å²) in [6, 6.07) is 19.9. The maximum atomic E-state index is 13.0. The van der Waals surface area contributed by atoms with Crippen molar-refractivity contribution < 1.29 is 9.53 Å². The summed E-state index contributed by atoms with van der Waals surface area (Å²) < 4.78 is 6.72. The van der Waals surface area contributed by atoms with Gasteiger partial charge in [0.1, 0.15) is 0 Å². The van der Waals surface area contributed by atoms with Crippen LogP contribution in [-0.4, -0.2) is 22.3 Å². The zero-order valence-corrected chi connectivity index (χ0v) is 18.4. The highest BCUT2D eigenvalue weighted by Crippen LogP contribution is 2.23. The molecule has 0 aliphatic rings. The lowest BCUT2D eigenvalue weighted by atomic mass is 10.2. The van der Waals surface area contributed by atoms with Crippen LogP contribution in [0.4, 0.5) is 10.5 Å². The van der Waals surface area contributed by atoms with Crippen molar-refractivity contribution in [3.63, 3.8) is 0 Å². The Labute approximate surface area is 194 Å². The van der Waals surface area contributed by atoms with Crippen LogP contribution in [0.25, 0.3) is 10.9 Å². The average molecular weight is 468 g/mol. The number of rotatable bonds is 6. The Bertz CT molecular complexity index is 1320. The number of halogens is 2. The molecule has 0 atom stereocenters. The van der Waals surface area contributed by atoms with Gasteiger partial charge in [-0.1, -0.05) is 59.6 Å². The molecular formula is C24H19Cl2N3O3. The van der Waals surface area contributed by atoms with E-state index in [1.807, 2.05) is 30.3 Å². The molecule has 0 bridgehead atoms. The third kappa shape index (κ3) is 5.28. The third-order valence-corrected chi connectivity index (χ3v) is 5.61. The van der Waals surface area contributed by atoms with E-state index in [9.17, 15) is 9.59 Å². The molecule has 3 aromatic carbocycles. The molecule has 4 aromatic rings. The molecule has 1 amide bonds. The van der Waals surface area contributed by atoms with Gasteiger partial charge in [-0.2, -0.15) is 0 Å². The number of carbonyl (C=O) groups is 1. The van der Waals surface area contributed by atoms with E-state index in [4.69, 9.17) is 27.9 Å². The Balaban J connectivity index is 1.46. The van der Waals surface area contributed by atoms with Crippen molar-refractivity contribution in [2.24, 2.45) is 0 Å². The zero-order valence-electron chi connectivity index (χ0n) is 16.9. The smallest absolute Gasteiger partial charge is 0.411 e. The molecule has 162 valence electrons. The van der Waals surface area contributed by atoms with Crippen molar-refractivity contribution in [2.45, 2.75) is 13.0 Å². The van der Waals surface area contributed by atoms with Gasteiger partial charge in [-0.25, -0.2) is 9.78 Å². The van der Waals surface area contributed by atoms with E-state index in [1.165, 1.54) is 10.9 Å². The molecule has 0 aliphatic heterocycles. The van der Waals surface area contributed by atoms with Crippen LogP contribution in [0.1, 0.15) is 11.1 Å². The van der Waals surface area contributed by atoms with Crippen molar-refractivity contribution in [1.29, 1.82) is 0 Å². The second-order valence-electron chi connectivity index (χ2n) is 7.15. The summed E-state index contributed by atoms with van der Waals surface area (Å²) in [5.41, 5.74) is 2.65. The van der Waals surface area contributed by atoms with Gasteiger partial charge < -0.3 is 4.74 Å². The minimum atomic E-state index is -0.583. The molecule has 1 N–H and O–H groups in total. The first kappa shape index (κ1) is 21.9. The Kier molecular flexibility index (Phi) is 6.73. The summed E-state index contributed by atoms with van der Waals surface area (Å²) in [4.78, 5) is 29.4. The molecule has 0 fully saturated rings. The molecule has 8 heteroatoms. The van der Waals surface area contributed by atoms with Gasteiger partial charge in [-0.15, -0.1) is 0 Å². The van der Waals surface area contributed by atoms with E-state index in [0.29, 0.717) is 33.1 Å². The standard InChI is InChI=1S/C24H19Cl2N3O3/c25-20-8-6-17(12-21(20)26)14-29-15-27-22-9-7-18(13-19(22)23(29)30)28-24(31)32-11-10-16-4-2-1-3-5-16/h1-9,12-13,15H,10-11,14H2,(H,28,31). The minimum Gasteiger partial charge on any atom is -0.449 e. The minimum absolute atomic E-state index is 0.234. The molecule has 1 aromatic heterocycles. The molecule has 0 unspecified atom stereocenters. The number of fused-ring (bicyclic) bond motifs is 1. The molecular weight excluding hydrogens is 449 g/mol. The fourth-order valence-electron chi connectivity index (χ4n) is 3.24. The summed E-state index contributed by atoms with van der Waals surface area (Å²) in [5, 5.41) is 3.91. The van der Waals surface area contributed by atoms with Gasteiger partial charge in [0.15, 0.2) is 0 Å². The van der Waals surface area contributed by atoms with Gasteiger partial charge in [0.2, 0.25) is 0 Å². The lowest BCUT2D eigenvalue weighted by Gasteiger charge is -2.10. The fourth-order valence-corrected chi connectivity index (χ4v) is 3.56. The van der Waals surface area contributed by atoms with E-state index in [0.717, 1.165) is 11.1 Å². The van der Waals surface area contributed by atoms with Crippen molar-refractivity contribution in [3.8, 4) is 0 Å². The number of ether oxygens (including phenoxy) is 1. The molecule has 0 spiro atoms. The van der Waals surface area contributed by atoms with Crippen LogP contribution >= 0.6 is 23.2 Å². The SMILES string of the molecule is O=C(Nc1ccc2ncn(Cc3ccc(Cl)c(Cl)c3)c(=O)c2c1)OCCc1ccccc1. The number of hydrogen-bond acceptors (Lipinski definition) is 4. The number of anilines is 1. The summed E-state index contributed by atoms with van der Waals surface area (Å²) >= 11 is 12.0. The average Bonchev–Trinajstić information content (AvgIpc) is 2.79. The molecule has 32 heavy (non-hydrogen) atoms. The van der Waals surface area contributed by atoms with Crippen LogP contribution in [0.3, 0.4) is 0 Å². The predicted molar refractivity (Wildman–Crippen MR) is 127 cm³/mol. The summed E-state index contributed by atoms with van der Waals surface area (Å²) in [6.45, 7) is 0.541. The van der Waals surface area contributed by atoms with E-state index >= 15 is 0 Å². The van der Waals surface area contributed by atoms with Crippen LogP contribution in [-0.2, 0) is 17.7 Å². The van der Waals surface area contributed by atoms with Crippen molar-refractivity contribution >= 4 is 45.9 Å². The lowest BCUT2D eigenvalue weighted by molar-refractivity contribution is 0.163.